The van der Waals surface area contributed by atoms with Crippen LogP contribution >= 0.6 is 22.9 Å². The van der Waals surface area contributed by atoms with Crippen LogP contribution in [0.2, 0.25) is 4.34 Å². The van der Waals surface area contributed by atoms with E-state index >= 15 is 0 Å². The van der Waals surface area contributed by atoms with Gasteiger partial charge in [-0.15, -0.1) is 16.4 Å². The molecule has 222 valence electrons. The molecule has 1 atom stereocenters. The number of aromatic nitrogens is 3. The molecule has 2 heterocycles. The van der Waals surface area contributed by atoms with Gasteiger partial charge in [-0.1, -0.05) is 23.7 Å². The number of benzene rings is 1. The van der Waals surface area contributed by atoms with Gasteiger partial charge in [-0.3, -0.25) is 14.2 Å². The Morgan fingerprint density at radius 2 is 1.85 bits per heavy atom. The zero-order chi connectivity index (χ0) is 30.5. The fraction of sp³-hybridized carbons (Fsp3) is 0.400. The third-order valence-electron chi connectivity index (χ3n) is 5.77. The Labute approximate surface area is 241 Å². The van der Waals surface area contributed by atoms with E-state index in [-0.39, 0.29) is 24.5 Å². The first kappa shape index (κ1) is 31.8. The number of nitrogens with zero attached hydrogens (tertiary/aromatic N) is 3. The van der Waals surface area contributed by atoms with E-state index in [0.29, 0.717) is 15.3 Å². The van der Waals surface area contributed by atoms with E-state index in [1.165, 1.54) is 31.6 Å². The summed E-state index contributed by atoms with van der Waals surface area (Å²) >= 11 is 7.19. The van der Waals surface area contributed by atoms with Crippen molar-refractivity contribution in [2.45, 2.75) is 44.7 Å². The molecule has 0 radical (unpaired) electrons. The molecule has 41 heavy (non-hydrogen) atoms. The first-order chi connectivity index (χ1) is 19.2. The molecule has 3 rings (SSSR count). The maximum absolute atomic E-state index is 13.4. The first-order valence-corrected chi connectivity index (χ1v) is 13.2. The summed E-state index contributed by atoms with van der Waals surface area (Å²) in [5, 5.41) is 8.99. The lowest BCUT2D eigenvalue weighted by Crippen LogP contribution is -2.54. The largest absolute Gasteiger partial charge is 0.467 e. The summed E-state index contributed by atoms with van der Waals surface area (Å²) in [5.74, 6) is -2.49. The number of hydrogen-bond acceptors (Lipinski definition) is 8. The van der Waals surface area contributed by atoms with Crippen LogP contribution in [-0.4, -0.2) is 58.5 Å². The molecule has 0 aliphatic rings. The number of thiophene rings is 1. The van der Waals surface area contributed by atoms with Gasteiger partial charge in [-0.05, 0) is 43.7 Å². The molecule has 0 bridgehead atoms. The van der Waals surface area contributed by atoms with Gasteiger partial charge in [-0.2, -0.15) is 13.2 Å². The van der Waals surface area contributed by atoms with E-state index in [1.807, 2.05) is 0 Å². The molecule has 0 fully saturated rings. The second-order valence-electron chi connectivity index (χ2n) is 9.24. The molecule has 16 heteroatoms. The Hall–Kier alpha value is -3.69. The van der Waals surface area contributed by atoms with E-state index in [9.17, 15) is 32.3 Å². The highest BCUT2D eigenvalue weighted by Gasteiger charge is 2.36. The highest BCUT2D eigenvalue weighted by Crippen LogP contribution is 2.31. The van der Waals surface area contributed by atoms with Crippen molar-refractivity contribution in [3.05, 3.63) is 62.3 Å². The van der Waals surface area contributed by atoms with Gasteiger partial charge in [0.2, 0.25) is 11.8 Å². The second-order valence-corrected chi connectivity index (χ2v) is 11.0. The van der Waals surface area contributed by atoms with Crippen LogP contribution in [0.3, 0.4) is 0 Å². The molecule has 1 aromatic carbocycles. The monoisotopic (exact) mass is 617 g/mol. The van der Waals surface area contributed by atoms with Crippen LogP contribution in [0, 0.1) is 0 Å². The van der Waals surface area contributed by atoms with Gasteiger partial charge in [0, 0.05) is 7.11 Å². The van der Waals surface area contributed by atoms with Crippen molar-refractivity contribution in [1.82, 2.24) is 25.0 Å². The van der Waals surface area contributed by atoms with Crippen LogP contribution in [0.15, 0.2) is 41.2 Å². The van der Waals surface area contributed by atoms with E-state index in [2.05, 4.69) is 20.5 Å². The van der Waals surface area contributed by atoms with E-state index < -0.39 is 53.3 Å². The Morgan fingerprint density at radius 1 is 1.15 bits per heavy atom. The fourth-order valence-electron chi connectivity index (χ4n) is 3.77. The normalized spacial score (nSPS) is 12.6. The van der Waals surface area contributed by atoms with Gasteiger partial charge in [0.25, 0.3) is 0 Å². The van der Waals surface area contributed by atoms with Crippen LogP contribution in [0.4, 0.5) is 13.2 Å². The van der Waals surface area contributed by atoms with Crippen LogP contribution in [0.5, 0.6) is 0 Å². The zero-order valence-electron chi connectivity index (χ0n) is 22.4. The van der Waals surface area contributed by atoms with Crippen molar-refractivity contribution >= 4 is 40.7 Å². The molecule has 0 saturated heterocycles. The molecule has 11 nitrogen and oxygen atoms in total. The van der Waals surface area contributed by atoms with E-state index in [1.54, 1.807) is 12.1 Å². The number of alkyl halides is 3. The van der Waals surface area contributed by atoms with E-state index in [0.717, 1.165) is 35.3 Å². The molecule has 2 amide bonds. The summed E-state index contributed by atoms with van der Waals surface area (Å²) in [6.07, 6.45) is -4.73. The Morgan fingerprint density at radius 3 is 2.44 bits per heavy atom. The Kier molecular flexibility index (Phi) is 9.99. The lowest BCUT2D eigenvalue weighted by molar-refractivity contribution is -0.149. The smallest absolute Gasteiger partial charge is 0.416 e. The number of esters is 1. The van der Waals surface area contributed by atoms with Crippen LogP contribution < -0.4 is 16.3 Å². The van der Waals surface area contributed by atoms with Gasteiger partial charge in [0.1, 0.15) is 18.1 Å². The number of carbonyl (C=O) groups excluding carboxylic acids is 3. The molecule has 0 aliphatic heterocycles. The minimum atomic E-state index is -4.73. The summed E-state index contributed by atoms with van der Waals surface area (Å²) in [6.45, 7) is 2.25. The summed E-state index contributed by atoms with van der Waals surface area (Å²) in [6, 6.07) is 5.41. The number of halogens is 4. The average molecular weight is 618 g/mol. The zero-order valence-corrected chi connectivity index (χ0v) is 23.9. The van der Waals surface area contributed by atoms with Gasteiger partial charge < -0.3 is 20.1 Å². The molecule has 0 saturated carbocycles. The number of ether oxygens (including phenoxy) is 2. The second kappa shape index (κ2) is 12.9. The SMILES string of the molecule is COCCn1c(-c2ccc(Cl)s2)nn(CC(=O)NC(C(=O)NC(C)(C)C(=O)OC)c2cccc(C(F)(F)F)c2)c1=O. The lowest BCUT2D eigenvalue weighted by atomic mass is 10.00. The number of methoxy groups -OCH3 is 2. The Balaban J connectivity index is 1.95. The molecular weight excluding hydrogens is 591 g/mol. The summed E-state index contributed by atoms with van der Waals surface area (Å²) in [4.78, 5) is 52.1. The predicted molar refractivity (Wildman–Crippen MR) is 143 cm³/mol. The van der Waals surface area contributed by atoms with Gasteiger partial charge in [0.05, 0.1) is 35.0 Å². The van der Waals surface area contributed by atoms with Crippen molar-refractivity contribution in [3.63, 3.8) is 0 Å². The highest BCUT2D eigenvalue weighted by atomic mass is 35.5. The van der Waals surface area contributed by atoms with Crippen molar-refractivity contribution in [3.8, 4) is 10.7 Å². The summed E-state index contributed by atoms with van der Waals surface area (Å²) in [5.41, 5.74) is -3.51. The van der Waals surface area contributed by atoms with Gasteiger partial charge in [-0.25, -0.2) is 14.3 Å². The minimum Gasteiger partial charge on any atom is -0.467 e. The number of amides is 2. The van der Waals surface area contributed by atoms with Crippen molar-refractivity contribution in [1.29, 1.82) is 0 Å². The molecule has 2 aromatic heterocycles. The number of carbonyl (C=O) groups is 3. The number of hydrogen-bond donors (Lipinski definition) is 2. The highest BCUT2D eigenvalue weighted by molar-refractivity contribution is 7.19. The number of rotatable bonds is 11. The molecule has 0 spiro atoms. The molecular formula is C25H27ClF3N5O6S. The number of nitrogens with one attached hydrogen (secondary N) is 2. The Bertz CT molecular complexity index is 1480. The van der Waals surface area contributed by atoms with Gasteiger partial charge in [0.15, 0.2) is 5.82 Å². The summed E-state index contributed by atoms with van der Waals surface area (Å²) < 4.78 is 52.5. The maximum Gasteiger partial charge on any atom is 0.416 e. The molecule has 0 aliphatic carbocycles. The third kappa shape index (κ3) is 7.74. The topological polar surface area (TPSA) is 134 Å². The third-order valence-corrected chi connectivity index (χ3v) is 7.00. The minimum absolute atomic E-state index is 0.111. The van der Waals surface area contributed by atoms with Crippen LogP contribution in [0.25, 0.3) is 10.7 Å². The van der Waals surface area contributed by atoms with Crippen LogP contribution in [-0.2, 0) is 43.1 Å². The fourth-order valence-corrected chi connectivity index (χ4v) is 4.81. The quantitative estimate of drug-likeness (QED) is 0.316. The predicted octanol–water partition coefficient (Wildman–Crippen LogP) is 3.02. The standard InChI is InChI=1S/C25H27ClF3N5O6S/c1-24(2,22(37)40-4)31-21(36)19(14-6-5-7-15(12-14)25(27,28)29)30-18(35)13-34-23(38)33(10-11-39-3)20(32-34)16-8-9-17(26)41-16/h5-9,12,19H,10-11,13H2,1-4H3,(H,30,35)(H,31,36). The van der Waals surface area contributed by atoms with E-state index in [4.69, 9.17) is 16.3 Å². The lowest BCUT2D eigenvalue weighted by Gasteiger charge is -2.27. The van der Waals surface area contributed by atoms with Crippen molar-refractivity contribution in [2.75, 3.05) is 20.8 Å². The maximum atomic E-state index is 13.4. The van der Waals surface area contributed by atoms with Crippen molar-refractivity contribution in [2.24, 2.45) is 0 Å². The van der Waals surface area contributed by atoms with Crippen molar-refractivity contribution < 1.29 is 37.0 Å². The molecule has 3 aromatic rings. The molecule has 2 N–H and O–H groups in total. The average Bonchev–Trinajstić information content (AvgIpc) is 3.47. The van der Waals surface area contributed by atoms with Gasteiger partial charge >= 0.3 is 17.8 Å². The summed E-state index contributed by atoms with van der Waals surface area (Å²) in [7, 11) is 2.55. The van der Waals surface area contributed by atoms with Crippen LogP contribution in [0.1, 0.15) is 31.0 Å². The molecule has 1 unspecified atom stereocenters. The first-order valence-electron chi connectivity index (χ1n) is 12.0.